The van der Waals surface area contributed by atoms with E-state index in [-0.39, 0.29) is 35.1 Å². The molecule has 0 amide bonds. The lowest BCUT2D eigenvalue weighted by Crippen LogP contribution is -2.11. The zero-order valence-electron chi connectivity index (χ0n) is 62.3. The summed E-state index contributed by atoms with van der Waals surface area (Å²) >= 11 is 6.22. The molecule has 0 fully saturated rings. The van der Waals surface area contributed by atoms with Gasteiger partial charge in [0, 0.05) is 95.5 Å². The van der Waals surface area contributed by atoms with Gasteiger partial charge in [0.05, 0.1) is 40.5 Å². The highest BCUT2D eigenvalue weighted by molar-refractivity contribution is 7.90. The number of anilines is 8. The fraction of sp³-hybridized carbons (Fsp3) is 0.237. The van der Waals surface area contributed by atoms with Gasteiger partial charge in [0.15, 0.2) is 15.5 Å². The van der Waals surface area contributed by atoms with Gasteiger partial charge >= 0.3 is 6.18 Å². The summed E-state index contributed by atoms with van der Waals surface area (Å²) in [5.41, 5.74) is 45.3. The lowest BCUT2D eigenvalue weighted by atomic mass is 10.0. The number of sulfone groups is 1. The van der Waals surface area contributed by atoms with E-state index in [1.54, 1.807) is 39.4 Å². The largest absolute Gasteiger partial charge is 0.496 e. The second kappa shape index (κ2) is 37.7. The second-order valence-corrected chi connectivity index (χ2v) is 27.3. The third-order valence-electron chi connectivity index (χ3n) is 16.6. The molecular formula is C80H89ClF3N19O4S. The highest BCUT2D eigenvalue weighted by atomic mass is 35.5. The molecule has 6 aromatic heterocycles. The zero-order valence-corrected chi connectivity index (χ0v) is 63.8. The molecular weight excluding hydrogens is 1420 g/mol. The molecule has 0 saturated carbocycles. The normalized spacial score (nSPS) is 10.9. The van der Waals surface area contributed by atoms with Crippen LogP contribution in [0.3, 0.4) is 0 Å². The zero-order chi connectivity index (χ0) is 78.4. The van der Waals surface area contributed by atoms with Crippen LogP contribution in [0.25, 0.3) is 56.3 Å². The van der Waals surface area contributed by atoms with E-state index < -0.39 is 21.7 Å². The van der Waals surface area contributed by atoms with E-state index >= 15 is 0 Å². The molecule has 0 aliphatic carbocycles. The molecule has 0 aliphatic heterocycles. The average Bonchev–Trinajstić information content (AvgIpc) is 0.847. The number of benzene rings is 6. The number of aryl methyl sites for hydroxylation is 8. The van der Waals surface area contributed by atoms with Crippen LogP contribution in [0.4, 0.5) is 60.4 Å². The molecule has 6 aromatic carbocycles. The van der Waals surface area contributed by atoms with Crippen molar-refractivity contribution in [1.82, 2.24) is 54.8 Å². The van der Waals surface area contributed by atoms with Crippen molar-refractivity contribution in [2.75, 3.05) is 78.6 Å². The van der Waals surface area contributed by atoms with Crippen LogP contribution in [0.5, 0.6) is 11.5 Å². The second-order valence-electron chi connectivity index (χ2n) is 24.9. The van der Waals surface area contributed by atoms with Crippen LogP contribution in [-0.4, -0.2) is 97.2 Å². The average molecular weight is 1510 g/mol. The highest BCUT2D eigenvalue weighted by Gasteiger charge is 2.36. The van der Waals surface area contributed by atoms with Gasteiger partial charge in [0.1, 0.15) is 35.6 Å². The summed E-state index contributed by atoms with van der Waals surface area (Å²) in [7, 11) is 2.08. The van der Waals surface area contributed by atoms with Crippen LogP contribution in [-0.2, 0) is 41.9 Å². The van der Waals surface area contributed by atoms with Gasteiger partial charge < -0.3 is 54.1 Å². The fourth-order valence-corrected chi connectivity index (χ4v) is 11.9. The van der Waals surface area contributed by atoms with Crippen molar-refractivity contribution in [3.8, 4) is 67.8 Å². The van der Waals surface area contributed by atoms with Crippen LogP contribution in [0.1, 0.15) is 81.9 Å². The summed E-state index contributed by atoms with van der Waals surface area (Å²) in [6, 6.07) is 51.0. The highest BCUT2D eigenvalue weighted by Crippen LogP contribution is 2.36. The molecule has 0 saturated heterocycles. The smallest absolute Gasteiger partial charge is 0.434 e. The van der Waals surface area contributed by atoms with E-state index in [1.807, 2.05) is 138 Å². The Morgan fingerprint density at radius 2 is 1.01 bits per heavy atom. The number of ether oxygens (including phenoxy) is 2. The number of nitrogens with zero attached hydrogens (tertiary/aromatic N) is 11. The maximum Gasteiger partial charge on any atom is 0.434 e. The van der Waals surface area contributed by atoms with Gasteiger partial charge in [-0.1, -0.05) is 97.7 Å². The van der Waals surface area contributed by atoms with E-state index in [9.17, 15) is 21.6 Å². The number of alkyl halides is 3. The van der Waals surface area contributed by atoms with Crippen LogP contribution >= 0.6 is 11.6 Å². The summed E-state index contributed by atoms with van der Waals surface area (Å²) in [4.78, 5) is 45.4. The number of nitrogens with two attached hydrogens (primary N) is 5. The number of hydrogen-bond acceptors (Lipinski definition) is 23. The van der Waals surface area contributed by atoms with Gasteiger partial charge in [0.2, 0.25) is 29.7 Å². The summed E-state index contributed by atoms with van der Waals surface area (Å²) < 4.78 is 73.2. The minimum Gasteiger partial charge on any atom is -0.496 e. The minimum absolute atomic E-state index is 0.0497. The van der Waals surface area contributed by atoms with Crippen molar-refractivity contribution in [2.45, 2.75) is 98.8 Å². The summed E-state index contributed by atoms with van der Waals surface area (Å²) in [6.07, 6.45) is 0.748. The molecule has 0 aliphatic rings. The lowest BCUT2D eigenvalue weighted by Gasteiger charge is -2.12. The Bertz CT molecular complexity index is 5200. The summed E-state index contributed by atoms with van der Waals surface area (Å²) in [5, 5.41) is 9.90. The number of nitrogens with one attached hydrogen (secondary N) is 3. The first-order chi connectivity index (χ1) is 51.4. The number of hydrogen-bond donors (Lipinski definition) is 8. The van der Waals surface area contributed by atoms with E-state index in [0.29, 0.717) is 64.3 Å². The van der Waals surface area contributed by atoms with Crippen LogP contribution in [0, 0.1) is 41.5 Å². The minimum atomic E-state index is -4.54. The number of aromatic nitrogens is 11. The number of halogens is 4. The molecule has 108 heavy (non-hydrogen) atoms. The molecule has 28 heteroatoms. The quantitative estimate of drug-likeness (QED) is 0.0349. The number of rotatable bonds is 19. The van der Waals surface area contributed by atoms with E-state index in [2.05, 4.69) is 116 Å². The standard InChI is InChI=1S/C21H23ClN4O2S.C19H20N4O.C14H18N4O.C14H17N3.C12H11F3N4/c1-14-17(9-4-10-18(14)22)19-13-20(26-21(23)25-19)24-11-5-7-15-6-3-8-16(12-15)29(2,27)28;1-13-10-15(24-12-14-6-4-3-5-7-14)8-9-16(13)17-11-18(21-2)23-19(20)22-17;1-8-6-12(19-4)9(2)5-10(8)11-7-13(16-3)18-14(15)17-11;1-4-11-8-13(17-14(15)16-11)12-7-9(2)5-6-10(12)3;1-2-7-6-9(19-11(16)18-7)8-4-3-5-17-10(8)12(13,14)15/h3-4,6,8-10,12-13H,5,7,11H2,1-2H3,(H3,23,24,25,26);3-11H,12H2,1-2H3,(H3,20,21,22,23);5-7H,1-4H3,(H3,15,16,17,18);5-8H,4H2,1-3H3,(H2,15,16,17);3-6H,2H2,1H3,(H2,16,18,19). The van der Waals surface area contributed by atoms with Gasteiger partial charge in [0.25, 0.3) is 0 Å². The molecule has 6 heterocycles. The number of nitrogen functional groups attached to an aromatic ring is 5. The first-order valence-electron chi connectivity index (χ1n) is 34.3. The Balaban J connectivity index is 0.000000172. The molecule has 12 rings (SSSR count). The van der Waals surface area contributed by atoms with Crippen LogP contribution in [0.2, 0.25) is 5.02 Å². The van der Waals surface area contributed by atoms with E-state index in [0.717, 1.165) is 115 Å². The van der Waals surface area contributed by atoms with Crippen LogP contribution in [0.15, 0.2) is 175 Å². The molecule has 0 atom stereocenters. The van der Waals surface area contributed by atoms with Gasteiger partial charge in [-0.05, 0) is 185 Å². The van der Waals surface area contributed by atoms with Crippen molar-refractivity contribution in [1.29, 1.82) is 0 Å². The Morgan fingerprint density at radius 1 is 0.491 bits per heavy atom. The topological polar surface area (TPSA) is 361 Å². The van der Waals surface area contributed by atoms with Crippen molar-refractivity contribution < 1.29 is 31.1 Å². The number of pyridine rings is 1. The summed E-state index contributed by atoms with van der Waals surface area (Å²) in [5.74, 6) is 4.73. The van der Waals surface area contributed by atoms with Crippen molar-refractivity contribution in [3.63, 3.8) is 0 Å². The van der Waals surface area contributed by atoms with Crippen LogP contribution < -0.4 is 54.1 Å². The van der Waals surface area contributed by atoms with E-state index in [4.69, 9.17) is 49.7 Å². The molecule has 562 valence electrons. The Hall–Kier alpha value is -12.1. The molecule has 0 spiro atoms. The molecule has 23 nitrogen and oxygen atoms in total. The van der Waals surface area contributed by atoms with Gasteiger partial charge in [-0.2, -0.15) is 28.1 Å². The SMILES string of the molecule is CCc1cc(-c2cc(C)ccc2C)nc(N)n1.CCc1cc(-c2cccnc2C(F)(F)F)nc(N)n1.CNc1cc(-c2cc(C)c(OC)cc2C)nc(N)n1.CNc1cc(-c2ccc(OCc3ccccc3)cc2C)nc(N)n1.Cc1c(Cl)cccc1-c1cc(NCCCc2cccc(S(C)(=O)=O)c2)nc(N)n1. The van der Waals surface area contributed by atoms with E-state index in [1.165, 1.54) is 35.6 Å². The summed E-state index contributed by atoms with van der Waals surface area (Å²) in [6.45, 7) is 17.3. The molecule has 0 radical (unpaired) electrons. The Kier molecular flexibility index (Phi) is 28.5. The Morgan fingerprint density at radius 3 is 1.58 bits per heavy atom. The first kappa shape index (κ1) is 81.6. The molecule has 0 bridgehead atoms. The maximum absolute atomic E-state index is 12.9. The molecule has 13 N–H and O–H groups in total. The first-order valence-corrected chi connectivity index (χ1v) is 36.6. The monoisotopic (exact) mass is 1500 g/mol. The maximum atomic E-state index is 12.9. The molecule has 0 unspecified atom stereocenters. The number of methoxy groups -OCH3 is 1. The van der Waals surface area contributed by atoms with Crippen molar-refractivity contribution >= 4 is 68.6 Å². The predicted octanol–water partition coefficient (Wildman–Crippen LogP) is 15.8. The lowest BCUT2D eigenvalue weighted by molar-refractivity contribution is -0.140. The van der Waals surface area contributed by atoms with Gasteiger partial charge in [-0.15, -0.1) is 0 Å². The van der Waals surface area contributed by atoms with Gasteiger partial charge in [-0.25, -0.2) is 43.3 Å². The Labute approximate surface area is 632 Å². The van der Waals surface area contributed by atoms with Gasteiger partial charge in [-0.3, -0.25) is 4.98 Å². The predicted molar refractivity (Wildman–Crippen MR) is 427 cm³/mol. The van der Waals surface area contributed by atoms with Crippen molar-refractivity contribution in [2.24, 2.45) is 0 Å². The third-order valence-corrected chi connectivity index (χ3v) is 18.2. The molecule has 12 aromatic rings. The fourth-order valence-electron chi connectivity index (χ4n) is 11.0. The van der Waals surface area contributed by atoms with Crippen molar-refractivity contribution in [3.05, 3.63) is 237 Å². The third kappa shape index (κ3) is 23.2.